The Morgan fingerprint density at radius 1 is 1.25 bits per heavy atom. The Kier molecular flexibility index (Phi) is 2.38. The lowest BCUT2D eigenvalue weighted by molar-refractivity contribution is -0.384. The van der Waals surface area contributed by atoms with Crippen LogP contribution in [-0.2, 0) is 0 Å². The van der Waals surface area contributed by atoms with Crippen molar-refractivity contribution < 1.29 is 4.92 Å². The molecule has 2 aromatic heterocycles. The van der Waals surface area contributed by atoms with Gasteiger partial charge in [-0.25, -0.2) is 19.9 Å². The molecule has 0 spiro atoms. The Morgan fingerprint density at radius 2 is 1.94 bits per heavy atom. The van der Waals surface area contributed by atoms with Crippen molar-refractivity contribution in [3.05, 3.63) is 35.0 Å². The summed E-state index contributed by atoms with van der Waals surface area (Å²) in [4.78, 5) is 25.1. The van der Waals surface area contributed by atoms with Crippen molar-refractivity contribution in [2.24, 2.45) is 0 Å². The zero-order valence-corrected chi connectivity index (χ0v) is 7.94. The second kappa shape index (κ2) is 3.85. The molecule has 2 rings (SSSR count). The van der Waals surface area contributed by atoms with Gasteiger partial charge in [0.1, 0.15) is 12.5 Å². The summed E-state index contributed by atoms with van der Waals surface area (Å²) in [7, 11) is 0. The lowest BCUT2D eigenvalue weighted by Crippen LogP contribution is -2.01. The number of anilines is 1. The van der Waals surface area contributed by atoms with Crippen LogP contribution in [0, 0.1) is 10.1 Å². The molecule has 0 atom stereocenters. The van der Waals surface area contributed by atoms with Gasteiger partial charge in [0.2, 0.25) is 5.95 Å². The molecule has 0 fully saturated rings. The van der Waals surface area contributed by atoms with E-state index in [1.54, 1.807) is 0 Å². The molecule has 16 heavy (non-hydrogen) atoms. The molecule has 0 saturated carbocycles. The fraction of sp³-hybridized carbons (Fsp3) is 0. The number of nitro groups is 1. The van der Waals surface area contributed by atoms with E-state index in [-0.39, 0.29) is 17.3 Å². The largest absolute Gasteiger partial charge is 0.368 e. The van der Waals surface area contributed by atoms with E-state index in [0.717, 1.165) is 6.20 Å². The minimum atomic E-state index is -0.582. The third-order valence-corrected chi connectivity index (χ3v) is 1.82. The van der Waals surface area contributed by atoms with Gasteiger partial charge in [0, 0.05) is 18.0 Å². The molecule has 0 bridgehead atoms. The Bertz CT molecular complexity index is 529. The molecular weight excluding hydrogens is 212 g/mol. The van der Waals surface area contributed by atoms with Gasteiger partial charge in [-0.1, -0.05) is 0 Å². The van der Waals surface area contributed by atoms with Crippen molar-refractivity contribution in [1.29, 1.82) is 0 Å². The predicted octanol–water partition coefficient (Wildman–Crippen LogP) is 0.424. The highest BCUT2D eigenvalue weighted by Gasteiger charge is 2.18. The van der Waals surface area contributed by atoms with E-state index < -0.39 is 4.92 Å². The monoisotopic (exact) mass is 218 g/mol. The Hall–Kier alpha value is -2.64. The third-order valence-electron chi connectivity index (χ3n) is 1.82. The van der Waals surface area contributed by atoms with E-state index in [9.17, 15) is 10.1 Å². The van der Waals surface area contributed by atoms with E-state index in [1.807, 2.05) is 0 Å². The van der Waals surface area contributed by atoms with Crippen LogP contribution in [0.3, 0.4) is 0 Å². The van der Waals surface area contributed by atoms with Crippen LogP contribution < -0.4 is 5.73 Å². The van der Waals surface area contributed by atoms with Crippen molar-refractivity contribution in [3.8, 4) is 11.3 Å². The van der Waals surface area contributed by atoms with Gasteiger partial charge >= 0.3 is 5.69 Å². The predicted molar refractivity (Wildman–Crippen MR) is 54.1 cm³/mol. The average molecular weight is 218 g/mol. The highest BCUT2D eigenvalue weighted by atomic mass is 16.6. The van der Waals surface area contributed by atoms with Gasteiger partial charge in [-0.3, -0.25) is 10.1 Å². The zero-order valence-electron chi connectivity index (χ0n) is 7.94. The number of nitrogen functional groups attached to an aromatic ring is 1. The molecule has 8 nitrogen and oxygen atoms in total. The summed E-state index contributed by atoms with van der Waals surface area (Å²) in [5.74, 6) is -0.0375. The minimum Gasteiger partial charge on any atom is -0.368 e. The maximum atomic E-state index is 10.8. The van der Waals surface area contributed by atoms with Crippen molar-refractivity contribution in [2.45, 2.75) is 0 Å². The molecule has 0 aliphatic carbocycles. The molecule has 0 aromatic carbocycles. The maximum absolute atomic E-state index is 10.8. The van der Waals surface area contributed by atoms with Crippen molar-refractivity contribution >= 4 is 11.6 Å². The average Bonchev–Trinajstić information content (AvgIpc) is 2.29. The first-order valence-corrected chi connectivity index (χ1v) is 4.21. The van der Waals surface area contributed by atoms with Gasteiger partial charge in [-0.2, -0.15) is 0 Å². The van der Waals surface area contributed by atoms with Gasteiger partial charge in [0.15, 0.2) is 5.69 Å². The molecule has 80 valence electrons. The maximum Gasteiger partial charge on any atom is 0.313 e. The lowest BCUT2D eigenvalue weighted by atomic mass is 10.2. The number of rotatable bonds is 2. The summed E-state index contributed by atoms with van der Waals surface area (Å²) in [5.41, 5.74) is 5.68. The third kappa shape index (κ3) is 1.75. The molecule has 2 aromatic rings. The fourth-order valence-corrected chi connectivity index (χ4v) is 1.16. The fourth-order valence-electron chi connectivity index (χ4n) is 1.16. The van der Waals surface area contributed by atoms with Crippen molar-refractivity contribution in [3.63, 3.8) is 0 Å². The van der Waals surface area contributed by atoms with E-state index in [0.29, 0.717) is 5.56 Å². The number of hydrogen-bond acceptors (Lipinski definition) is 7. The summed E-state index contributed by atoms with van der Waals surface area (Å²) in [6.07, 6.45) is 5.22. The number of nitrogens with zero attached hydrogens (tertiary/aromatic N) is 5. The van der Waals surface area contributed by atoms with E-state index in [1.165, 1.54) is 18.7 Å². The van der Waals surface area contributed by atoms with Crippen LogP contribution in [-0.4, -0.2) is 24.9 Å². The molecule has 0 saturated heterocycles. The Labute approximate surface area is 89.4 Å². The van der Waals surface area contributed by atoms with Gasteiger partial charge in [0.25, 0.3) is 0 Å². The van der Waals surface area contributed by atoms with Crippen LogP contribution in [0.2, 0.25) is 0 Å². The van der Waals surface area contributed by atoms with Crippen LogP contribution in [0.15, 0.2) is 24.9 Å². The van der Waals surface area contributed by atoms with Crippen molar-refractivity contribution in [1.82, 2.24) is 19.9 Å². The number of nitrogens with two attached hydrogens (primary N) is 1. The van der Waals surface area contributed by atoms with Crippen LogP contribution in [0.4, 0.5) is 11.6 Å². The highest BCUT2D eigenvalue weighted by molar-refractivity contribution is 5.68. The van der Waals surface area contributed by atoms with Gasteiger partial charge in [-0.15, -0.1) is 0 Å². The molecule has 2 N–H and O–H groups in total. The van der Waals surface area contributed by atoms with Crippen LogP contribution in [0.1, 0.15) is 0 Å². The summed E-state index contributed by atoms with van der Waals surface area (Å²) < 4.78 is 0. The number of hydrogen-bond donors (Lipinski definition) is 1. The minimum absolute atomic E-state index is 0.0375. The first kappa shape index (κ1) is 9.90. The molecule has 0 aliphatic heterocycles. The zero-order chi connectivity index (χ0) is 11.5. The van der Waals surface area contributed by atoms with Crippen LogP contribution in [0.25, 0.3) is 11.3 Å². The molecular formula is C8H6N6O2. The summed E-state index contributed by atoms with van der Waals surface area (Å²) >= 11 is 0. The second-order valence-electron chi connectivity index (χ2n) is 2.85. The van der Waals surface area contributed by atoms with Crippen LogP contribution >= 0.6 is 0 Å². The van der Waals surface area contributed by atoms with Gasteiger partial charge in [-0.05, 0) is 0 Å². The first-order valence-electron chi connectivity index (χ1n) is 4.21. The van der Waals surface area contributed by atoms with Gasteiger partial charge < -0.3 is 5.73 Å². The topological polar surface area (TPSA) is 121 Å². The summed E-state index contributed by atoms with van der Waals surface area (Å²) in [6, 6.07) is 0. The summed E-state index contributed by atoms with van der Waals surface area (Å²) in [5, 5.41) is 10.8. The Balaban J connectivity index is 2.63. The van der Waals surface area contributed by atoms with E-state index >= 15 is 0 Å². The molecule has 0 radical (unpaired) electrons. The molecule has 0 aliphatic rings. The Morgan fingerprint density at radius 3 is 2.56 bits per heavy atom. The SMILES string of the molecule is Nc1ncc([N+](=O)[O-])c(-c2cncnc2)n1. The molecule has 8 heteroatoms. The molecule has 0 amide bonds. The number of aromatic nitrogens is 4. The van der Waals surface area contributed by atoms with E-state index in [4.69, 9.17) is 5.73 Å². The van der Waals surface area contributed by atoms with Crippen LogP contribution in [0.5, 0.6) is 0 Å². The lowest BCUT2D eigenvalue weighted by Gasteiger charge is -2.01. The quantitative estimate of drug-likeness (QED) is 0.572. The van der Waals surface area contributed by atoms with Gasteiger partial charge in [0.05, 0.1) is 4.92 Å². The summed E-state index contributed by atoms with van der Waals surface area (Å²) in [6.45, 7) is 0. The molecule has 2 heterocycles. The smallest absolute Gasteiger partial charge is 0.313 e. The standard InChI is InChI=1S/C8H6N6O2/c9-8-12-3-6(14(15)16)7(13-8)5-1-10-4-11-2-5/h1-4H,(H2,9,12,13). The first-order chi connectivity index (χ1) is 7.68. The highest BCUT2D eigenvalue weighted by Crippen LogP contribution is 2.25. The van der Waals surface area contributed by atoms with E-state index in [2.05, 4.69) is 19.9 Å². The normalized spacial score (nSPS) is 10.0. The molecule has 0 unspecified atom stereocenters. The second-order valence-corrected chi connectivity index (χ2v) is 2.85. The van der Waals surface area contributed by atoms with Crippen molar-refractivity contribution in [2.75, 3.05) is 5.73 Å².